The number of halogens is 1. The minimum Gasteiger partial charge on any atom is -0.465 e. The fraction of sp³-hybridized carbons (Fsp3) is 0.182. The molecule has 0 fully saturated rings. The second kappa shape index (κ2) is 4.66. The molecule has 0 radical (unpaired) electrons. The smallest absolute Gasteiger partial charge is 0.341 e. The number of hydrogen-bond acceptors (Lipinski definition) is 5. The average molecular weight is 267 g/mol. The van der Waals surface area contributed by atoms with E-state index in [2.05, 4.69) is 14.8 Å². The number of ether oxygens (including phenoxy) is 1. The Labute approximate surface area is 108 Å². The Balaban J connectivity index is 2.59. The lowest BCUT2D eigenvalue weighted by Crippen LogP contribution is -2.11. The largest absolute Gasteiger partial charge is 0.465 e. The highest BCUT2D eigenvalue weighted by molar-refractivity contribution is 6.31. The zero-order valence-electron chi connectivity index (χ0n) is 9.85. The van der Waals surface area contributed by atoms with Crippen LogP contribution < -0.4 is 5.73 Å². The molecule has 6 nitrogen and oxygen atoms in total. The van der Waals surface area contributed by atoms with Gasteiger partial charge in [-0.15, -0.1) is 0 Å². The summed E-state index contributed by atoms with van der Waals surface area (Å²) in [5.41, 5.74) is 6.85. The summed E-state index contributed by atoms with van der Waals surface area (Å²) in [6, 6.07) is 1.49. The highest BCUT2D eigenvalue weighted by atomic mass is 35.5. The quantitative estimate of drug-likeness (QED) is 0.835. The predicted molar refractivity (Wildman–Crippen MR) is 66.9 cm³/mol. The third-order valence-corrected chi connectivity index (χ3v) is 2.72. The number of hydrogen-bond donors (Lipinski definition) is 1. The number of anilines is 1. The highest BCUT2D eigenvalue weighted by Crippen LogP contribution is 2.19. The molecule has 0 aliphatic heterocycles. The van der Waals surface area contributed by atoms with Gasteiger partial charge in [0, 0.05) is 0 Å². The molecule has 18 heavy (non-hydrogen) atoms. The third-order valence-electron chi connectivity index (χ3n) is 2.35. The van der Waals surface area contributed by atoms with Gasteiger partial charge in [0.2, 0.25) is 0 Å². The normalized spacial score (nSPS) is 10.4. The zero-order chi connectivity index (χ0) is 13.3. The van der Waals surface area contributed by atoms with Crippen LogP contribution >= 0.6 is 11.6 Å². The van der Waals surface area contributed by atoms with E-state index in [0.717, 1.165) is 0 Å². The van der Waals surface area contributed by atoms with Crippen molar-refractivity contribution in [3.63, 3.8) is 0 Å². The van der Waals surface area contributed by atoms with Crippen LogP contribution in [-0.4, -0.2) is 27.8 Å². The molecule has 2 rings (SSSR count). The molecule has 0 atom stereocenters. The van der Waals surface area contributed by atoms with Crippen molar-refractivity contribution >= 4 is 23.3 Å². The molecule has 0 aliphatic rings. The van der Waals surface area contributed by atoms with Gasteiger partial charge in [0.15, 0.2) is 5.82 Å². The first-order chi connectivity index (χ1) is 8.52. The van der Waals surface area contributed by atoms with E-state index in [1.165, 1.54) is 24.1 Å². The van der Waals surface area contributed by atoms with Crippen molar-refractivity contribution in [1.82, 2.24) is 14.8 Å². The molecule has 0 aliphatic carbocycles. The average Bonchev–Trinajstić information content (AvgIpc) is 2.68. The molecule has 2 aromatic heterocycles. The molecule has 0 saturated carbocycles. The summed E-state index contributed by atoms with van der Waals surface area (Å²) in [6.45, 7) is 1.76. The lowest BCUT2D eigenvalue weighted by molar-refractivity contribution is 0.0600. The van der Waals surface area contributed by atoms with Crippen LogP contribution in [0.3, 0.4) is 0 Å². The summed E-state index contributed by atoms with van der Waals surface area (Å²) in [7, 11) is 1.29. The van der Waals surface area contributed by atoms with Gasteiger partial charge in [0.05, 0.1) is 35.9 Å². The van der Waals surface area contributed by atoms with Crippen molar-refractivity contribution in [3.05, 3.63) is 34.7 Å². The summed E-state index contributed by atoms with van der Waals surface area (Å²) in [5, 5.41) is 4.65. The van der Waals surface area contributed by atoms with Crippen molar-refractivity contribution < 1.29 is 9.53 Å². The maximum absolute atomic E-state index is 11.7. The van der Waals surface area contributed by atoms with Gasteiger partial charge in [-0.05, 0) is 13.0 Å². The first-order valence-electron chi connectivity index (χ1n) is 5.09. The number of pyridine rings is 1. The predicted octanol–water partition coefficient (Wildman–Crippen LogP) is 1.60. The zero-order valence-corrected chi connectivity index (χ0v) is 10.6. The van der Waals surface area contributed by atoms with Crippen LogP contribution in [0.1, 0.15) is 16.1 Å². The molecule has 0 bridgehead atoms. The van der Waals surface area contributed by atoms with Crippen LogP contribution in [0.4, 0.5) is 5.69 Å². The minimum absolute atomic E-state index is 0.233. The topological polar surface area (TPSA) is 83.0 Å². The summed E-state index contributed by atoms with van der Waals surface area (Å²) in [6.07, 6.45) is 3.01. The van der Waals surface area contributed by atoms with Crippen molar-refractivity contribution in [2.24, 2.45) is 0 Å². The molecule has 2 N–H and O–H groups in total. The first-order valence-corrected chi connectivity index (χ1v) is 5.46. The highest BCUT2D eigenvalue weighted by Gasteiger charge is 2.17. The summed E-state index contributed by atoms with van der Waals surface area (Å²) in [4.78, 5) is 15.7. The van der Waals surface area contributed by atoms with Gasteiger partial charge >= 0.3 is 5.97 Å². The van der Waals surface area contributed by atoms with E-state index in [1.807, 2.05) is 0 Å². The third kappa shape index (κ3) is 2.14. The van der Waals surface area contributed by atoms with Crippen molar-refractivity contribution in [2.45, 2.75) is 6.92 Å². The Morgan fingerprint density at radius 3 is 2.83 bits per heavy atom. The van der Waals surface area contributed by atoms with E-state index in [0.29, 0.717) is 22.2 Å². The van der Waals surface area contributed by atoms with E-state index in [9.17, 15) is 4.79 Å². The molecule has 0 spiro atoms. The Hall–Kier alpha value is -2.08. The van der Waals surface area contributed by atoms with E-state index < -0.39 is 5.97 Å². The van der Waals surface area contributed by atoms with Crippen molar-refractivity contribution in [2.75, 3.05) is 12.8 Å². The fourth-order valence-corrected chi connectivity index (χ4v) is 1.59. The molecule has 2 aromatic rings. The maximum Gasteiger partial charge on any atom is 0.341 e. The van der Waals surface area contributed by atoms with Crippen molar-refractivity contribution in [3.8, 4) is 5.82 Å². The standard InChI is InChI=1S/C11H11ClN4O2/c1-6-9(12)5-16(15-6)10-8(11(17)18-2)3-7(13)4-14-10/h3-5H,13H2,1-2H3. The van der Waals surface area contributed by atoms with E-state index >= 15 is 0 Å². The van der Waals surface area contributed by atoms with Gasteiger partial charge < -0.3 is 10.5 Å². The Morgan fingerprint density at radius 1 is 1.56 bits per heavy atom. The van der Waals surface area contributed by atoms with Crippen LogP contribution in [-0.2, 0) is 4.74 Å². The number of rotatable bonds is 2. The number of carbonyl (C=O) groups excluding carboxylic acids is 1. The van der Waals surface area contributed by atoms with Gasteiger partial charge in [0.25, 0.3) is 0 Å². The number of nitrogens with zero attached hydrogens (tertiary/aromatic N) is 3. The number of aryl methyl sites for hydroxylation is 1. The number of esters is 1. The van der Waals surface area contributed by atoms with Gasteiger partial charge in [0.1, 0.15) is 5.56 Å². The van der Waals surface area contributed by atoms with Gasteiger partial charge in [-0.3, -0.25) is 0 Å². The number of aromatic nitrogens is 3. The second-order valence-corrected chi connectivity index (χ2v) is 4.05. The fourth-order valence-electron chi connectivity index (χ4n) is 1.46. The van der Waals surface area contributed by atoms with Gasteiger partial charge in [-0.25, -0.2) is 14.5 Å². The number of nitrogen functional groups attached to an aromatic ring is 1. The Morgan fingerprint density at radius 2 is 2.28 bits per heavy atom. The van der Waals surface area contributed by atoms with E-state index in [-0.39, 0.29) is 5.56 Å². The monoisotopic (exact) mass is 266 g/mol. The summed E-state index contributed by atoms with van der Waals surface area (Å²) < 4.78 is 6.10. The first kappa shape index (κ1) is 12.4. The van der Waals surface area contributed by atoms with Crippen LogP contribution in [0.15, 0.2) is 18.5 Å². The SMILES string of the molecule is COC(=O)c1cc(N)cnc1-n1cc(Cl)c(C)n1. The van der Waals surface area contributed by atoms with Crippen molar-refractivity contribution in [1.29, 1.82) is 0 Å². The maximum atomic E-state index is 11.7. The van der Waals surface area contributed by atoms with E-state index in [4.69, 9.17) is 17.3 Å². The molecule has 0 aromatic carbocycles. The summed E-state index contributed by atoms with van der Waals surface area (Å²) in [5.74, 6) is -0.208. The second-order valence-electron chi connectivity index (χ2n) is 3.64. The van der Waals surface area contributed by atoms with Gasteiger partial charge in [-0.2, -0.15) is 5.10 Å². The summed E-state index contributed by atoms with van der Waals surface area (Å²) >= 11 is 5.92. The number of carbonyl (C=O) groups is 1. The molecule has 7 heteroatoms. The Bertz CT molecular complexity index is 590. The molecule has 0 saturated heterocycles. The lowest BCUT2D eigenvalue weighted by atomic mass is 10.2. The molecular weight excluding hydrogens is 256 g/mol. The van der Waals surface area contributed by atoms with Gasteiger partial charge in [-0.1, -0.05) is 11.6 Å². The van der Waals surface area contributed by atoms with E-state index in [1.54, 1.807) is 13.1 Å². The molecule has 2 heterocycles. The molecule has 0 unspecified atom stereocenters. The number of methoxy groups -OCH3 is 1. The lowest BCUT2D eigenvalue weighted by Gasteiger charge is -2.07. The van der Waals surface area contributed by atoms with Crippen LogP contribution in [0.2, 0.25) is 5.02 Å². The molecular formula is C11H11ClN4O2. The molecule has 0 amide bonds. The van der Waals surface area contributed by atoms with Crippen LogP contribution in [0.5, 0.6) is 0 Å². The Kier molecular flexibility index (Phi) is 3.20. The van der Waals surface area contributed by atoms with Crippen LogP contribution in [0.25, 0.3) is 5.82 Å². The minimum atomic E-state index is -0.533. The number of nitrogens with two attached hydrogens (primary N) is 1. The van der Waals surface area contributed by atoms with Crippen LogP contribution in [0, 0.1) is 6.92 Å². The molecule has 94 valence electrons.